The molecule has 17 heavy (non-hydrogen) atoms. The van der Waals surface area contributed by atoms with E-state index in [0.717, 1.165) is 15.6 Å². The van der Waals surface area contributed by atoms with Gasteiger partial charge in [0.15, 0.2) is 0 Å². The molecule has 4 heteroatoms. The summed E-state index contributed by atoms with van der Waals surface area (Å²) in [7, 11) is 0. The first-order valence-electron chi connectivity index (χ1n) is 5.25. The van der Waals surface area contributed by atoms with Crippen molar-refractivity contribution in [1.82, 2.24) is 4.98 Å². The third-order valence-corrected chi connectivity index (χ3v) is 2.89. The second-order valence-corrected chi connectivity index (χ2v) is 4.71. The highest BCUT2D eigenvalue weighted by Gasteiger charge is 2.04. The summed E-state index contributed by atoms with van der Waals surface area (Å²) in [5.41, 5.74) is 2.45. The van der Waals surface area contributed by atoms with E-state index < -0.39 is 0 Å². The number of aryl methyl sites for hydroxylation is 1. The Hall–Kier alpha value is -1.42. The standard InChI is InChI=1S/C13H12BrFN2/c1-9-3-2-4-12(15)13(9)17-7-10-5-11(14)8-16-6-10/h2-6,8,17H,7H2,1H3. The van der Waals surface area contributed by atoms with Crippen molar-refractivity contribution in [3.63, 3.8) is 0 Å². The molecule has 0 saturated heterocycles. The van der Waals surface area contributed by atoms with Gasteiger partial charge in [0, 0.05) is 23.4 Å². The van der Waals surface area contributed by atoms with Crippen LogP contribution in [0.3, 0.4) is 0 Å². The van der Waals surface area contributed by atoms with Crippen molar-refractivity contribution in [2.75, 3.05) is 5.32 Å². The van der Waals surface area contributed by atoms with Crippen molar-refractivity contribution in [1.29, 1.82) is 0 Å². The second-order valence-electron chi connectivity index (χ2n) is 3.80. The number of aromatic nitrogens is 1. The molecule has 2 nitrogen and oxygen atoms in total. The monoisotopic (exact) mass is 294 g/mol. The summed E-state index contributed by atoms with van der Waals surface area (Å²) in [6, 6.07) is 6.99. The van der Waals surface area contributed by atoms with Crippen molar-refractivity contribution in [3.8, 4) is 0 Å². The number of benzene rings is 1. The number of nitrogens with zero attached hydrogens (tertiary/aromatic N) is 1. The van der Waals surface area contributed by atoms with Crippen LogP contribution in [0.4, 0.5) is 10.1 Å². The molecule has 2 rings (SSSR count). The average Bonchev–Trinajstić information content (AvgIpc) is 2.28. The first-order chi connectivity index (χ1) is 8.16. The molecular formula is C13H12BrFN2. The van der Waals surface area contributed by atoms with Gasteiger partial charge in [-0.05, 0) is 46.1 Å². The summed E-state index contributed by atoms with van der Waals surface area (Å²) in [5.74, 6) is -0.229. The lowest BCUT2D eigenvalue weighted by molar-refractivity contribution is 0.629. The lowest BCUT2D eigenvalue weighted by Crippen LogP contribution is -2.03. The molecule has 0 saturated carbocycles. The van der Waals surface area contributed by atoms with E-state index in [2.05, 4.69) is 26.2 Å². The lowest BCUT2D eigenvalue weighted by Gasteiger charge is -2.10. The smallest absolute Gasteiger partial charge is 0.146 e. The van der Waals surface area contributed by atoms with Gasteiger partial charge in [-0.25, -0.2) is 4.39 Å². The Kier molecular flexibility index (Phi) is 3.74. The summed E-state index contributed by atoms with van der Waals surface area (Å²) in [5, 5.41) is 3.09. The Bertz CT molecular complexity index is 508. The molecule has 0 aliphatic heterocycles. The first kappa shape index (κ1) is 12.0. The zero-order chi connectivity index (χ0) is 12.3. The predicted octanol–water partition coefficient (Wildman–Crippen LogP) is 3.90. The fourth-order valence-electron chi connectivity index (χ4n) is 1.60. The maximum Gasteiger partial charge on any atom is 0.146 e. The minimum absolute atomic E-state index is 0.229. The Morgan fingerprint density at radius 3 is 2.88 bits per heavy atom. The molecule has 0 aliphatic rings. The zero-order valence-electron chi connectivity index (χ0n) is 9.37. The van der Waals surface area contributed by atoms with Gasteiger partial charge in [-0.1, -0.05) is 12.1 Å². The summed E-state index contributed by atoms with van der Waals surface area (Å²) >= 11 is 3.35. The first-order valence-corrected chi connectivity index (χ1v) is 6.04. The Morgan fingerprint density at radius 2 is 2.18 bits per heavy atom. The van der Waals surface area contributed by atoms with E-state index >= 15 is 0 Å². The number of nitrogens with one attached hydrogen (secondary N) is 1. The average molecular weight is 295 g/mol. The molecule has 0 bridgehead atoms. The van der Waals surface area contributed by atoms with Gasteiger partial charge in [0.2, 0.25) is 0 Å². The highest BCUT2D eigenvalue weighted by molar-refractivity contribution is 9.10. The van der Waals surface area contributed by atoms with Gasteiger partial charge in [-0.2, -0.15) is 0 Å². The SMILES string of the molecule is Cc1cccc(F)c1NCc1cncc(Br)c1. The number of pyridine rings is 1. The molecule has 0 amide bonds. The van der Waals surface area contributed by atoms with Crippen LogP contribution in [-0.2, 0) is 6.54 Å². The molecule has 0 radical (unpaired) electrons. The molecule has 1 aromatic carbocycles. The van der Waals surface area contributed by atoms with Gasteiger partial charge in [0.25, 0.3) is 0 Å². The van der Waals surface area contributed by atoms with Crippen LogP contribution in [0, 0.1) is 12.7 Å². The minimum Gasteiger partial charge on any atom is -0.378 e. The third-order valence-electron chi connectivity index (χ3n) is 2.45. The Morgan fingerprint density at radius 1 is 1.35 bits per heavy atom. The van der Waals surface area contributed by atoms with Gasteiger partial charge in [-0.3, -0.25) is 4.98 Å². The molecule has 88 valence electrons. The van der Waals surface area contributed by atoms with Crippen LogP contribution in [-0.4, -0.2) is 4.98 Å². The van der Waals surface area contributed by atoms with E-state index in [4.69, 9.17) is 0 Å². The highest BCUT2D eigenvalue weighted by atomic mass is 79.9. The van der Waals surface area contributed by atoms with Crippen LogP contribution in [0.5, 0.6) is 0 Å². The van der Waals surface area contributed by atoms with E-state index in [9.17, 15) is 4.39 Å². The van der Waals surface area contributed by atoms with Gasteiger partial charge in [-0.15, -0.1) is 0 Å². The van der Waals surface area contributed by atoms with Gasteiger partial charge in [0.05, 0.1) is 5.69 Å². The van der Waals surface area contributed by atoms with Crippen LogP contribution in [0.25, 0.3) is 0 Å². The Labute approximate surface area is 108 Å². The summed E-state index contributed by atoms with van der Waals surface area (Å²) in [6.45, 7) is 2.43. The fourth-order valence-corrected chi connectivity index (χ4v) is 2.01. The molecule has 1 aromatic heterocycles. The number of para-hydroxylation sites is 1. The summed E-state index contributed by atoms with van der Waals surface area (Å²) < 4.78 is 14.5. The summed E-state index contributed by atoms with van der Waals surface area (Å²) in [4.78, 5) is 4.06. The largest absolute Gasteiger partial charge is 0.378 e. The van der Waals surface area contributed by atoms with Gasteiger partial charge < -0.3 is 5.32 Å². The number of anilines is 1. The van der Waals surface area contributed by atoms with E-state index in [-0.39, 0.29) is 5.82 Å². The van der Waals surface area contributed by atoms with Gasteiger partial charge >= 0.3 is 0 Å². The molecule has 1 N–H and O–H groups in total. The quantitative estimate of drug-likeness (QED) is 0.928. The maximum absolute atomic E-state index is 13.5. The van der Waals surface area contributed by atoms with E-state index in [1.54, 1.807) is 18.5 Å². The van der Waals surface area contributed by atoms with Crippen LogP contribution < -0.4 is 5.32 Å². The van der Waals surface area contributed by atoms with Crippen LogP contribution in [0.2, 0.25) is 0 Å². The molecule has 1 heterocycles. The van der Waals surface area contributed by atoms with Crippen LogP contribution in [0.1, 0.15) is 11.1 Å². The number of hydrogen-bond acceptors (Lipinski definition) is 2. The van der Waals surface area contributed by atoms with E-state index in [1.165, 1.54) is 6.07 Å². The normalized spacial score (nSPS) is 10.3. The van der Waals surface area contributed by atoms with Crippen LogP contribution in [0.15, 0.2) is 41.1 Å². The zero-order valence-corrected chi connectivity index (χ0v) is 11.0. The van der Waals surface area contributed by atoms with Crippen LogP contribution >= 0.6 is 15.9 Å². The summed E-state index contributed by atoms with van der Waals surface area (Å²) in [6.07, 6.45) is 3.48. The fraction of sp³-hybridized carbons (Fsp3) is 0.154. The van der Waals surface area contributed by atoms with E-state index in [1.807, 2.05) is 19.1 Å². The maximum atomic E-state index is 13.5. The topological polar surface area (TPSA) is 24.9 Å². The van der Waals surface area contributed by atoms with Crippen molar-refractivity contribution in [3.05, 3.63) is 58.1 Å². The molecule has 0 unspecified atom stereocenters. The lowest BCUT2D eigenvalue weighted by atomic mass is 10.2. The minimum atomic E-state index is -0.229. The number of hydrogen-bond donors (Lipinski definition) is 1. The number of halogens is 2. The highest BCUT2D eigenvalue weighted by Crippen LogP contribution is 2.20. The van der Waals surface area contributed by atoms with E-state index in [0.29, 0.717) is 12.2 Å². The molecule has 0 fully saturated rings. The van der Waals surface area contributed by atoms with Gasteiger partial charge in [0.1, 0.15) is 5.82 Å². The molecule has 0 aliphatic carbocycles. The molecule has 0 atom stereocenters. The molecular weight excluding hydrogens is 283 g/mol. The molecule has 2 aromatic rings. The van der Waals surface area contributed by atoms with Crippen molar-refractivity contribution in [2.45, 2.75) is 13.5 Å². The van der Waals surface area contributed by atoms with Crippen molar-refractivity contribution in [2.24, 2.45) is 0 Å². The Balaban J connectivity index is 2.13. The van der Waals surface area contributed by atoms with Crippen molar-refractivity contribution >= 4 is 21.6 Å². The third kappa shape index (κ3) is 3.03. The van der Waals surface area contributed by atoms with Crippen molar-refractivity contribution < 1.29 is 4.39 Å². The number of rotatable bonds is 3. The predicted molar refractivity (Wildman–Crippen MR) is 70.4 cm³/mol. The second kappa shape index (κ2) is 5.27. The molecule has 0 spiro atoms.